The first kappa shape index (κ1) is 16.6. The zero-order chi connectivity index (χ0) is 17.8. The Morgan fingerprint density at radius 3 is 2.81 bits per heavy atom. The highest BCUT2D eigenvalue weighted by Gasteiger charge is 2.14. The number of benzene rings is 2. The number of hydrogen-bond acceptors (Lipinski definition) is 3. The van der Waals surface area contributed by atoms with Crippen LogP contribution in [0.3, 0.4) is 0 Å². The molecule has 4 rings (SSSR count). The number of nitrogens with one attached hydrogen (secondary N) is 1. The van der Waals surface area contributed by atoms with Gasteiger partial charge in [-0.15, -0.1) is 0 Å². The molecule has 0 unspecified atom stereocenters. The summed E-state index contributed by atoms with van der Waals surface area (Å²) >= 11 is 0. The molecule has 1 fully saturated rings. The third-order valence-electron chi connectivity index (χ3n) is 4.72. The van der Waals surface area contributed by atoms with Crippen LogP contribution in [0.2, 0.25) is 0 Å². The Labute approximate surface area is 153 Å². The predicted octanol–water partition coefficient (Wildman–Crippen LogP) is 4.21. The second-order valence-electron chi connectivity index (χ2n) is 6.70. The fraction of sp³-hybridized carbons (Fsp3) is 0.227. The van der Waals surface area contributed by atoms with Crippen molar-refractivity contribution in [1.82, 2.24) is 4.90 Å². The number of hydrogen-bond donors (Lipinski definition) is 1. The van der Waals surface area contributed by atoms with Gasteiger partial charge in [-0.1, -0.05) is 30.3 Å². The lowest BCUT2D eigenvalue weighted by molar-refractivity contribution is -0.112. The summed E-state index contributed by atoms with van der Waals surface area (Å²) in [5.41, 5.74) is 3.51. The van der Waals surface area contributed by atoms with Crippen molar-refractivity contribution in [2.75, 3.05) is 18.4 Å². The van der Waals surface area contributed by atoms with E-state index in [0.717, 1.165) is 36.6 Å². The molecule has 0 saturated carbocycles. The lowest BCUT2D eigenvalue weighted by Crippen LogP contribution is -2.18. The predicted molar refractivity (Wildman–Crippen MR) is 104 cm³/mol. The molecule has 4 heteroatoms. The summed E-state index contributed by atoms with van der Waals surface area (Å²) in [6, 6.07) is 15.8. The van der Waals surface area contributed by atoms with E-state index in [4.69, 9.17) is 4.74 Å². The van der Waals surface area contributed by atoms with Gasteiger partial charge < -0.3 is 10.1 Å². The molecule has 26 heavy (non-hydrogen) atoms. The molecular formula is C22H22N2O2. The summed E-state index contributed by atoms with van der Waals surface area (Å²) in [5, 5.41) is 3.00. The van der Waals surface area contributed by atoms with E-state index >= 15 is 0 Å². The Hall–Kier alpha value is -2.85. The summed E-state index contributed by atoms with van der Waals surface area (Å²) in [4.78, 5) is 15.1. The Balaban J connectivity index is 1.48. The fourth-order valence-electron chi connectivity index (χ4n) is 3.39. The average Bonchev–Trinajstić information content (AvgIpc) is 3.05. The summed E-state index contributed by atoms with van der Waals surface area (Å²) in [6.07, 6.45) is 7.66. The van der Waals surface area contributed by atoms with Crippen LogP contribution in [0.1, 0.15) is 24.0 Å². The molecular weight excluding hydrogens is 324 g/mol. The van der Waals surface area contributed by atoms with E-state index in [2.05, 4.69) is 22.3 Å². The first-order valence-corrected chi connectivity index (χ1v) is 9.04. The van der Waals surface area contributed by atoms with Gasteiger partial charge in [0, 0.05) is 23.4 Å². The van der Waals surface area contributed by atoms with Crippen molar-refractivity contribution in [2.45, 2.75) is 19.4 Å². The van der Waals surface area contributed by atoms with Gasteiger partial charge in [-0.3, -0.25) is 9.69 Å². The number of nitrogens with zero attached hydrogens (tertiary/aromatic N) is 1. The monoisotopic (exact) mass is 346 g/mol. The highest BCUT2D eigenvalue weighted by Crippen LogP contribution is 2.25. The van der Waals surface area contributed by atoms with Crippen molar-refractivity contribution in [1.29, 1.82) is 0 Å². The molecule has 1 N–H and O–H groups in total. The largest absolute Gasteiger partial charge is 0.464 e. The maximum Gasteiger partial charge on any atom is 0.255 e. The number of carbonyl (C=O) groups is 1. The molecule has 4 nitrogen and oxygen atoms in total. The van der Waals surface area contributed by atoms with Crippen LogP contribution in [0.5, 0.6) is 5.75 Å². The van der Waals surface area contributed by atoms with Crippen LogP contribution in [0.4, 0.5) is 5.69 Å². The van der Waals surface area contributed by atoms with Crippen LogP contribution in [0.25, 0.3) is 6.08 Å². The molecule has 1 amide bonds. The number of rotatable bonds is 4. The molecule has 0 atom stereocenters. The topological polar surface area (TPSA) is 41.6 Å². The minimum atomic E-state index is -0.139. The van der Waals surface area contributed by atoms with E-state index in [1.807, 2.05) is 42.5 Å². The zero-order valence-electron chi connectivity index (χ0n) is 14.7. The van der Waals surface area contributed by atoms with E-state index in [-0.39, 0.29) is 5.91 Å². The van der Waals surface area contributed by atoms with E-state index in [1.165, 1.54) is 18.4 Å². The third kappa shape index (κ3) is 3.86. The first-order valence-electron chi connectivity index (χ1n) is 9.04. The van der Waals surface area contributed by atoms with Crippen molar-refractivity contribution < 1.29 is 9.53 Å². The van der Waals surface area contributed by atoms with Crippen molar-refractivity contribution in [2.24, 2.45) is 0 Å². The van der Waals surface area contributed by atoms with Gasteiger partial charge in [-0.2, -0.15) is 0 Å². The first-order chi connectivity index (χ1) is 12.8. The van der Waals surface area contributed by atoms with Gasteiger partial charge in [0.2, 0.25) is 0 Å². The molecule has 2 heterocycles. The van der Waals surface area contributed by atoms with Gasteiger partial charge in [-0.05, 0) is 61.8 Å². The Morgan fingerprint density at radius 2 is 1.92 bits per heavy atom. The quantitative estimate of drug-likeness (QED) is 0.902. The van der Waals surface area contributed by atoms with Gasteiger partial charge in [0.05, 0.1) is 6.26 Å². The Kier molecular flexibility index (Phi) is 4.84. The highest BCUT2D eigenvalue weighted by molar-refractivity contribution is 6.09. The van der Waals surface area contributed by atoms with Crippen LogP contribution >= 0.6 is 0 Å². The number of ether oxygens (including phenoxy) is 1. The van der Waals surface area contributed by atoms with Crippen molar-refractivity contribution in [3.8, 4) is 5.75 Å². The van der Waals surface area contributed by atoms with Gasteiger partial charge in [0.15, 0.2) is 0 Å². The van der Waals surface area contributed by atoms with Crippen LogP contribution < -0.4 is 10.1 Å². The number of anilines is 1. The molecule has 0 spiro atoms. The molecule has 132 valence electrons. The van der Waals surface area contributed by atoms with E-state index in [1.54, 1.807) is 12.3 Å². The second kappa shape index (κ2) is 7.58. The maximum absolute atomic E-state index is 12.7. The number of likely N-dealkylation sites (tertiary alicyclic amines) is 1. The second-order valence-corrected chi connectivity index (χ2v) is 6.70. The molecule has 2 aromatic carbocycles. The SMILES string of the molecule is O=C(Nc1cccc(CN2CCCC2)c1)C1=Cc2ccccc2OC=C1. The van der Waals surface area contributed by atoms with Crippen molar-refractivity contribution in [3.63, 3.8) is 0 Å². The lowest BCUT2D eigenvalue weighted by atomic mass is 10.1. The van der Waals surface area contributed by atoms with Crippen LogP contribution in [0.15, 0.2) is 66.4 Å². The van der Waals surface area contributed by atoms with Crippen LogP contribution in [-0.4, -0.2) is 23.9 Å². The Morgan fingerprint density at radius 1 is 1.08 bits per heavy atom. The van der Waals surface area contributed by atoms with E-state index < -0.39 is 0 Å². The fourth-order valence-corrected chi connectivity index (χ4v) is 3.39. The van der Waals surface area contributed by atoms with Crippen LogP contribution in [-0.2, 0) is 11.3 Å². The van der Waals surface area contributed by atoms with Gasteiger partial charge in [0.1, 0.15) is 5.75 Å². The average molecular weight is 346 g/mol. The lowest BCUT2D eigenvalue weighted by Gasteiger charge is -2.15. The van der Waals surface area contributed by atoms with Gasteiger partial charge in [0.25, 0.3) is 5.91 Å². The van der Waals surface area contributed by atoms with Crippen LogP contribution in [0, 0.1) is 0 Å². The molecule has 2 aromatic rings. The summed E-state index contributed by atoms with van der Waals surface area (Å²) in [5.74, 6) is 0.610. The minimum absolute atomic E-state index is 0.139. The maximum atomic E-state index is 12.7. The normalized spacial score (nSPS) is 16.4. The van der Waals surface area contributed by atoms with Gasteiger partial charge >= 0.3 is 0 Å². The summed E-state index contributed by atoms with van der Waals surface area (Å²) in [7, 11) is 0. The summed E-state index contributed by atoms with van der Waals surface area (Å²) in [6.45, 7) is 3.26. The number of para-hydroxylation sites is 1. The van der Waals surface area contributed by atoms with Gasteiger partial charge in [-0.25, -0.2) is 0 Å². The zero-order valence-corrected chi connectivity index (χ0v) is 14.7. The van der Waals surface area contributed by atoms with Crippen molar-refractivity contribution >= 4 is 17.7 Å². The third-order valence-corrected chi connectivity index (χ3v) is 4.72. The molecule has 0 aromatic heterocycles. The molecule has 0 radical (unpaired) electrons. The molecule has 2 aliphatic heterocycles. The minimum Gasteiger partial charge on any atom is -0.464 e. The number of amides is 1. The standard InChI is InChI=1S/C22H22N2O2/c25-22(19-10-13-26-21-9-2-1-7-18(21)15-19)23-20-8-5-6-17(14-20)16-24-11-3-4-12-24/h1-2,5-10,13-15H,3-4,11-12,16H2,(H,23,25). The summed E-state index contributed by atoms with van der Waals surface area (Å²) < 4.78 is 5.55. The smallest absolute Gasteiger partial charge is 0.255 e. The molecule has 0 bridgehead atoms. The molecule has 2 aliphatic rings. The van der Waals surface area contributed by atoms with Crippen molar-refractivity contribution in [3.05, 3.63) is 77.6 Å². The number of carbonyl (C=O) groups excluding carboxylic acids is 1. The highest BCUT2D eigenvalue weighted by atomic mass is 16.5. The molecule has 1 saturated heterocycles. The number of fused-ring (bicyclic) bond motifs is 1. The molecule has 0 aliphatic carbocycles. The Bertz CT molecular complexity index is 864. The van der Waals surface area contributed by atoms with E-state index in [9.17, 15) is 4.79 Å². The van der Waals surface area contributed by atoms with E-state index in [0.29, 0.717) is 5.57 Å².